The summed E-state index contributed by atoms with van der Waals surface area (Å²) in [6, 6.07) is 27.0. The first-order chi connectivity index (χ1) is 16.5. The van der Waals surface area contributed by atoms with Crippen LogP contribution >= 0.6 is 0 Å². The molecule has 3 aromatic carbocycles. The van der Waals surface area contributed by atoms with Gasteiger partial charge in [0, 0.05) is 18.5 Å². The number of amidine groups is 1. The van der Waals surface area contributed by atoms with Crippen molar-refractivity contribution in [2.75, 3.05) is 6.54 Å². The van der Waals surface area contributed by atoms with Gasteiger partial charge in [0.25, 0.3) is 10.0 Å². The molecule has 0 saturated carbocycles. The fourth-order valence-corrected chi connectivity index (χ4v) is 5.32. The number of benzene rings is 3. The minimum atomic E-state index is -3.50. The van der Waals surface area contributed by atoms with Gasteiger partial charge in [-0.2, -0.15) is 0 Å². The molecule has 176 valence electrons. The van der Waals surface area contributed by atoms with Gasteiger partial charge < -0.3 is 5.32 Å². The smallest absolute Gasteiger partial charge is 0.263 e. The second-order valence-corrected chi connectivity index (χ2v) is 10.0. The van der Waals surface area contributed by atoms with E-state index in [9.17, 15) is 13.2 Å². The third-order valence-electron chi connectivity index (χ3n) is 5.81. The number of rotatable bonds is 10. The molecule has 1 amide bonds. The summed E-state index contributed by atoms with van der Waals surface area (Å²) in [5, 5.41) is 3.19. The molecule has 0 aliphatic carbocycles. The number of nitrogens with one attached hydrogen (secondary N) is 2. The maximum atomic E-state index is 12.7. The molecule has 1 aliphatic rings. The van der Waals surface area contributed by atoms with Crippen molar-refractivity contribution in [2.24, 2.45) is 4.99 Å². The van der Waals surface area contributed by atoms with E-state index < -0.39 is 10.0 Å². The summed E-state index contributed by atoms with van der Waals surface area (Å²) in [4.78, 5) is 17.4. The van der Waals surface area contributed by atoms with E-state index in [0.29, 0.717) is 24.4 Å². The van der Waals surface area contributed by atoms with Crippen LogP contribution in [0.1, 0.15) is 48.4 Å². The first kappa shape index (κ1) is 23.7. The number of sulfonamides is 1. The number of nitrogens with zero attached hydrogens (tertiary/aromatic N) is 1. The Morgan fingerprint density at radius 1 is 0.853 bits per heavy atom. The number of carbonyl (C=O) groups is 1. The Labute approximate surface area is 201 Å². The molecular formula is C27H29N3O3S. The van der Waals surface area contributed by atoms with E-state index >= 15 is 0 Å². The van der Waals surface area contributed by atoms with Crippen molar-refractivity contribution in [1.82, 2.24) is 10.0 Å². The summed E-state index contributed by atoms with van der Waals surface area (Å²) >= 11 is 0. The first-order valence-corrected chi connectivity index (χ1v) is 13.1. The summed E-state index contributed by atoms with van der Waals surface area (Å²) < 4.78 is 26.8. The van der Waals surface area contributed by atoms with Crippen LogP contribution in [0.4, 0.5) is 0 Å². The Balaban J connectivity index is 1.25. The molecule has 0 fully saturated rings. The van der Waals surface area contributed by atoms with Gasteiger partial charge in [-0.3, -0.25) is 14.5 Å². The number of hydrogen-bond donors (Lipinski definition) is 2. The van der Waals surface area contributed by atoms with Gasteiger partial charge in [0.15, 0.2) is 0 Å². The van der Waals surface area contributed by atoms with Crippen LogP contribution in [0, 0.1) is 0 Å². The van der Waals surface area contributed by atoms with Crippen LogP contribution in [0.5, 0.6) is 0 Å². The highest BCUT2D eigenvalue weighted by Gasteiger charge is 2.29. The van der Waals surface area contributed by atoms with Crippen molar-refractivity contribution in [3.8, 4) is 0 Å². The highest BCUT2D eigenvalue weighted by molar-refractivity contribution is 7.90. The van der Waals surface area contributed by atoms with Crippen molar-refractivity contribution >= 4 is 21.8 Å². The lowest BCUT2D eigenvalue weighted by Crippen LogP contribution is -2.29. The second kappa shape index (κ2) is 11.1. The Hall–Kier alpha value is -3.45. The van der Waals surface area contributed by atoms with Crippen LogP contribution < -0.4 is 10.0 Å². The maximum Gasteiger partial charge on any atom is 0.263 e. The van der Waals surface area contributed by atoms with E-state index in [1.165, 1.54) is 5.56 Å². The van der Waals surface area contributed by atoms with E-state index in [-0.39, 0.29) is 16.8 Å². The quantitative estimate of drug-likeness (QED) is 0.427. The van der Waals surface area contributed by atoms with Crippen molar-refractivity contribution in [3.05, 3.63) is 102 Å². The molecule has 0 saturated heterocycles. The zero-order chi connectivity index (χ0) is 23.8. The van der Waals surface area contributed by atoms with Crippen LogP contribution in [-0.2, 0) is 21.2 Å². The third kappa shape index (κ3) is 6.11. The highest BCUT2D eigenvalue weighted by atomic mass is 32.2. The van der Waals surface area contributed by atoms with Crippen LogP contribution in [0.15, 0.2) is 94.8 Å². The van der Waals surface area contributed by atoms with Crippen molar-refractivity contribution in [2.45, 2.75) is 43.0 Å². The number of fused-ring (bicyclic) bond motifs is 1. The van der Waals surface area contributed by atoms with Crippen molar-refractivity contribution < 1.29 is 13.2 Å². The molecule has 0 aromatic heterocycles. The normalized spacial score (nSPS) is 15.9. The summed E-state index contributed by atoms with van der Waals surface area (Å²) in [7, 11) is -3.50. The van der Waals surface area contributed by atoms with Crippen molar-refractivity contribution in [3.63, 3.8) is 0 Å². The van der Waals surface area contributed by atoms with Gasteiger partial charge in [0.05, 0.1) is 10.9 Å². The van der Waals surface area contributed by atoms with Gasteiger partial charge in [-0.1, -0.05) is 79.2 Å². The van der Waals surface area contributed by atoms with Crippen molar-refractivity contribution in [1.29, 1.82) is 0 Å². The second-order valence-electron chi connectivity index (χ2n) is 8.36. The molecule has 34 heavy (non-hydrogen) atoms. The summed E-state index contributed by atoms with van der Waals surface area (Å²) in [6.45, 7) is 0.508. The minimum Gasteiger partial charge on any atom is -0.349 e. The lowest BCUT2D eigenvalue weighted by molar-refractivity contribution is -0.122. The molecule has 1 heterocycles. The van der Waals surface area contributed by atoms with Gasteiger partial charge in [-0.15, -0.1) is 0 Å². The molecule has 0 bridgehead atoms. The molecule has 1 atom stereocenters. The SMILES string of the molecule is O=C(CCCCCN=C1NS(=O)(=O)c2ccccc21)NC(Cc1ccccc1)c1ccccc1. The average molecular weight is 476 g/mol. The van der Waals surface area contributed by atoms with Gasteiger partial charge in [-0.05, 0) is 42.5 Å². The molecule has 4 rings (SSSR count). The van der Waals surface area contributed by atoms with E-state index in [1.807, 2.05) is 48.5 Å². The minimum absolute atomic E-state index is 0.0357. The molecule has 7 heteroatoms. The lowest BCUT2D eigenvalue weighted by Gasteiger charge is -2.19. The van der Waals surface area contributed by atoms with Gasteiger partial charge in [0.1, 0.15) is 5.84 Å². The van der Waals surface area contributed by atoms with Gasteiger partial charge in [-0.25, -0.2) is 8.42 Å². The number of carbonyl (C=O) groups excluding carboxylic acids is 1. The average Bonchev–Trinajstić information content (AvgIpc) is 3.12. The zero-order valence-corrected chi connectivity index (χ0v) is 19.8. The van der Waals surface area contributed by atoms with Crippen LogP contribution in [0.25, 0.3) is 0 Å². The Kier molecular flexibility index (Phi) is 7.75. The van der Waals surface area contributed by atoms with Crippen LogP contribution in [-0.4, -0.2) is 26.7 Å². The van der Waals surface area contributed by atoms with Gasteiger partial charge >= 0.3 is 0 Å². The van der Waals surface area contributed by atoms with E-state index in [2.05, 4.69) is 27.2 Å². The standard InChI is InChI=1S/C27H29N3O3S/c31-26(29-24(22-14-6-2-7-15-22)20-21-12-4-1-5-13-21)18-8-3-11-19-28-27-23-16-9-10-17-25(23)34(32,33)30-27/h1-2,4-7,9-10,12-17,24H,3,8,11,18-20H2,(H,28,30)(H,29,31). The zero-order valence-electron chi connectivity index (χ0n) is 19.0. The summed E-state index contributed by atoms with van der Waals surface area (Å²) in [6.07, 6.45) is 3.57. The third-order valence-corrected chi connectivity index (χ3v) is 7.21. The fraction of sp³-hybridized carbons (Fsp3) is 0.259. The van der Waals surface area contributed by atoms with E-state index in [4.69, 9.17) is 0 Å². The predicted molar refractivity (Wildman–Crippen MR) is 134 cm³/mol. The number of amides is 1. The predicted octanol–water partition coefficient (Wildman–Crippen LogP) is 4.39. The first-order valence-electron chi connectivity index (χ1n) is 11.6. The monoisotopic (exact) mass is 475 g/mol. The topological polar surface area (TPSA) is 87.6 Å². The Bertz CT molecular complexity index is 1240. The van der Waals surface area contributed by atoms with E-state index in [0.717, 1.165) is 31.2 Å². The maximum absolute atomic E-state index is 12.7. The summed E-state index contributed by atoms with van der Waals surface area (Å²) in [5.41, 5.74) is 2.89. The number of aliphatic imine (C=N–C) groups is 1. The molecule has 2 N–H and O–H groups in total. The molecule has 1 aliphatic heterocycles. The molecule has 0 radical (unpaired) electrons. The molecular weight excluding hydrogens is 446 g/mol. The Morgan fingerprint density at radius 2 is 1.53 bits per heavy atom. The number of hydrogen-bond acceptors (Lipinski definition) is 4. The fourth-order valence-electron chi connectivity index (χ4n) is 4.07. The highest BCUT2D eigenvalue weighted by Crippen LogP contribution is 2.22. The Morgan fingerprint density at radius 3 is 2.29 bits per heavy atom. The molecule has 3 aromatic rings. The summed E-state index contributed by atoms with van der Waals surface area (Å²) in [5.74, 6) is 0.438. The van der Waals surface area contributed by atoms with E-state index in [1.54, 1.807) is 24.3 Å². The molecule has 1 unspecified atom stereocenters. The largest absolute Gasteiger partial charge is 0.349 e. The number of unbranched alkanes of at least 4 members (excludes halogenated alkanes) is 2. The van der Waals surface area contributed by atoms with Crippen LogP contribution in [0.3, 0.4) is 0 Å². The molecule has 6 nitrogen and oxygen atoms in total. The lowest BCUT2D eigenvalue weighted by atomic mass is 9.98. The van der Waals surface area contributed by atoms with Gasteiger partial charge in [0.2, 0.25) is 5.91 Å². The molecule has 0 spiro atoms. The van der Waals surface area contributed by atoms with Crippen LogP contribution in [0.2, 0.25) is 0 Å².